The Morgan fingerprint density at radius 1 is 1.10 bits per heavy atom. The summed E-state index contributed by atoms with van der Waals surface area (Å²) in [5.41, 5.74) is 3.25. The van der Waals surface area contributed by atoms with Crippen LogP contribution in [0.5, 0.6) is 11.5 Å². The van der Waals surface area contributed by atoms with Crippen LogP contribution in [-0.4, -0.2) is 17.3 Å². The van der Waals surface area contributed by atoms with Gasteiger partial charge in [0.05, 0.1) is 5.69 Å². The van der Waals surface area contributed by atoms with Crippen LogP contribution < -0.4 is 10.2 Å². The Hall–Kier alpha value is -2.53. The zero-order valence-corrected chi connectivity index (χ0v) is 11.0. The Labute approximate surface area is 120 Å². The molecule has 0 radical (unpaired) electrons. The summed E-state index contributed by atoms with van der Waals surface area (Å²) >= 11 is 5.79. The van der Waals surface area contributed by atoms with Gasteiger partial charge in [-0.15, -0.1) is 0 Å². The van der Waals surface area contributed by atoms with Gasteiger partial charge < -0.3 is 9.84 Å². The van der Waals surface area contributed by atoms with Crippen LogP contribution in [0.1, 0.15) is 0 Å². The molecule has 2 aromatic rings. The third kappa shape index (κ3) is 4.29. The lowest BCUT2D eigenvalue weighted by Gasteiger charge is -2.06. The second kappa shape index (κ2) is 6.58. The third-order valence-electron chi connectivity index (χ3n) is 2.27. The van der Waals surface area contributed by atoms with Gasteiger partial charge in [0.15, 0.2) is 0 Å². The fraction of sp³-hybridized carbons (Fsp3) is 0. The van der Waals surface area contributed by atoms with E-state index in [9.17, 15) is 4.79 Å². The molecule has 0 heterocycles. The SMILES string of the molecule is O=C(O)C=NNc1ccc(Oc2ccc(Cl)cc2)cc1. The molecule has 102 valence electrons. The molecule has 0 unspecified atom stereocenters. The number of hydrazone groups is 1. The number of halogens is 1. The zero-order chi connectivity index (χ0) is 14.4. The van der Waals surface area contributed by atoms with Crippen LogP contribution in [0.4, 0.5) is 5.69 Å². The Bertz CT molecular complexity index is 609. The van der Waals surface area contributed by atoms with Gasteiger partial charge in [-0.25, -0.2) is 4.79 Å². The van der Waals surface area contributed by atoms with Crippen molar-refractivity contribution in [3.05, 3.63) is 53.6 Å². The molecule has 5 nitrogen and oxygen atoms in total. The molecule has 0 saturated carbocycles. The monoisotopic (exact) mass is 290 g/mol. The summed E-state index contributed by atoms with van der Waals surface area (Å²) < 4.78 is 5.61. The average molecular weight is 291 g/mol. The Morgan fingerprint density at radius 2 is 1.65 bits per heavy atom. The maximum atomic E-state index is 10.3. The molecular formula is C14H11ClN2O3. The molecule has 20 heavy (non-hydrogen) atoms. The number of carboxylic acids is 1. The van der Waals surface area contributed by atoms with Crippen molar-refractivity contribution >= 4 is 29.5 Å². The van der Waals surface area contributed by atoms with Crippen LogP contribution in [0.15, 0.2) is 53.6 Å². The van der Waals surface area contributed by atoms with Gasteiger partial charge in [-0.3, -0.25) is 5.43 Å². The lowest BCUT2D eigenvalue weighted by molar-refractivity contribution is -0.128. The maximum absolute atomic E-state index is 10.3. The number of nitrogens with one attached hydrogen (secondary N) is 1. The zero-order valence-electron chi connectivity index (χ0n) is 10.3. The maximum Gasteiger partial charge on any atom is 0.348 e. The molecule has 0 atom stereocenters. The van der Waals surface area contributed by atoms with Gasteiger partial charge in [-0.1, -0.05) is 11.6 Å². The molecular weight excluding hydrogens is 280 g/mol. The van der Waals surface area contributed by atoms with Gasteiger partial charge in [0.1, 0.15) is 17.7 Å². The van der Waals surface area contributed by atoms with Crippen molar-refractivity contribution in [3.8, 4) is 11.5 Å². The summed E-state index contributed by atoms with van der Waals surface area (Å²) in [6.07, 6.45) is 0.776. The number of hydrogen-bond donors (Lipinski definition) is 2. The predicted molar refractivity (Wildman–Crippen MR) is 77.7 cm³/mol. The second-order valence-electron chi connectivity index (χ2n) is 3.79. The highest BCUT2D eigenvalue weighted by atomic mass is 35.5. The van der Waals surface area contributed by atoms with E-state index in [1.807, 2.05) is 0 Å². The minimum Gasteiger partial charge on any atom is -0.477 e. The summed E-state index contributed by atoms with van der Waals surface area (Å²) in [5.74, 6) is 0.222. The molecule has 6 heteroatoms. The van der Waals surface area contributed by atoms with E-state index >= 15 is 0 Å². The van der Waals surface area contributed by atoms with Crippen LogP contribution in [0, 0.1) is 0 Å². The number of aliphatic carboxylic acids is 1. The number of carboxylic acid groups (broad SMARTS) is 1. The molecule has 2 rings (SSSR count). The Kier molecular flexibility index (Phi) is 4.57. The molecule has 0 amide bonds. The smallest absolute Gasteiger partial charge is 0.348 e. The minimum atomic E-state index is -1.11. The topological polar surface area (TPSA) is 70.9 Å². The van der Waals surface area contributed by atoms with Crippen molar-refractivity contribution < 1.29 is 14.6 Å². The van der Waals surface area contributed by atoms with E-state index in [0.29, 0.717) is 22.2 Å². The lowest BCUT2D eigenvalue weighted by atomic mass is 10.3. The van der Waals surface area contributed by atoms with E-state index in [4.69, 9.17) is 21.4 Å². The number of carbonyl (C=O) groups is 1. The molecule has 0 aliphatic rings. The number of anilines is 1. The Balaban J connectivity index is 1.97. The van der Waals surface area contributed by atoms with Crippen molar-refractivity contribution in [1.29, 1.82) is 0 Å². The molecule has 0 aromatic heterocycles. The fourth-order valence-corrected chi connectivity index (χ4v) is 1.52. The molecule has 0 aliphatic carbocycles. The highest BCUT2D eigenvalue weighted by Crippen LogP contribution is 2.24. The Morgan fingerprint density at radius 3 is 2.20 bits per heavy atom. The van der Waals surface area contributed by atoms with Crippen molar-refractivity contribution in [3.63, 3.8) is 0 Å². The first-order valence-electron chi connectivity index (χ1n) is 5.69. The molecule has 0 spiro atoms. The van der Waals surface area contributed by atoms with Crippen LogP contribution in [0.2, 0.25) is 5.02 Å². The summed E-state index contributed by atoms with van der Waals surface area (Å²) in [5, 5.41) is 12.6. The van der Waals surface area contributed by atoms with Crippen molar-refractivity contribution in [2.45, 2.75) is 0 Å². The molecule has 2 N–H and O–H groups in total. The number of nitrogens with zero attached hydrogens (tertiary/aromatic N) is 1. The average Bonchev–Trinajstić information content (AvgIpc) is 2.43. The minimum absolute atomic E-state index is 0.646. The van der Waals surface area contributed by atoms with Gasteiger partial charge in [0.2, 0.25) is 0 Å². The van der Waals surface area contributed by atoms with Crippen LogP contribution in [0.3, 0.4) is 0 Å². The second-order valence-corrected chi connectivity index (χ2v) is 4.23. The summed E-state index contributed by atoms with van der Waals surface area (Å²) in [6.45, 7) is 0. The van der Waals surface area contributed by atoms with E-state index < -0.39 is 5.97 Å². The van der Waals surface area contributed by atoms with Gasteiger partial charge in [-0.05, 0) is 48.5 Å². The highest BCUT2D eigenvalue weighted by Gasteiger charge is 1.98. The molecule has 0 fully saturated rings. The quantitative estimate of drug-likeness (QED) is 0.652. The largest absolute Gasteiger partial charge is 0.477 e. The third-order valence-corrected chi connectivity index (χ3v) is 2.52. The van der Waals surface area contributed by atoms with E-state index in [1.165, 1.54) is 0 Å². The van der Waals surface area contributed by atoms with Crippen molar-refractivity contribution in [2.75, 3.05) is 5.43 Å². The first-order valence-corrected chi connectivity index (χ1v) is 6.07. The van der Waals surface area contributed by atoms with Gasteiger partial charge in [-0.2, -0.15) is 5.10 Å². The number of ether oxygens (including phenoxy) is 1. The normalized spacial score (nSPS) is 10.4. The van der Waals surface area contributed by atoms with Gasteiger partial charge >= 0.3 is 5.97 Å². The molecule has 0 bridgehead atoms. The van der Waals surface area contributed by atoms with E-state index in [1.54, 1.807) is 48.5 Å². The standard InChI is InChI=1S/C14H11ClN2O3/c15-10-1-5-12(6-2-10)20-13-7-3-11(4-8-13)17-16-9-14(18)19/h1-9,17H,(H,18,19). The summed E-state index contributed by atoms with van der Waals surface area (Å²) in [7, 11) is 0. The number of rotatable bonds is 5. The lowest BCUT2D eigenvalue weighted by Crippen LogP contribution is -1.98. The van der Waals surface area contributed by atoms with Crippen LogP contribution in [0.25, 0.3) is 0 Å². The fourth-order valence-electron chi connectivity index (χ4n) is 1.40. The first kappa shape index (κ1) is 13.9. The summed E-state index contributed by atoms with van der Waals surface area (Å²) in [4.78, 5) is 10.3. The molecule has 0 saturated heterocycles. The molecule has 0 aliphatic heterocycles. The predicted octanol–water partition coefficient (Wildman–Crippen LogP) is 3.61. The van der Waals surface area contributed by atoms with Crippen LogP contribution >= 0.6 is 11.6 Å². The van der Waals surface area contributed by atoms with Gasteiger partial charge in [0.25, 0.3) is 0 Å². The van der Waals surface area contributed by atoms with Gasteiger partial charge in [0, 0.05) is 5.02 Å². The molecule has 2 aromatic carbocycles. The summed E-state index contributed by atoms with van der Waals surface area (Å²) in [6, 6.07) is 14.0. The number of benzene rings is 2. The van der Waals surface area contributed by atoms with Crippen molar-refractivity contribution in [2.24, 2.45) is 5.10 Å². The van der Waals surface area contributed by atoms with Crippen LogP contribution in [-0.2, 0) is 4.79 Å². The van der Waals surface area contributed by atoms with E-state index in [0.717, 1.165) is 6.21 Å². The first-order chi connectivity index (χ1) is 9.63. The highest BCUT2D eigenvalue weighted by molar-refractivity contribution is 6.30. The van der Waals surface area contributed by atoms with Crippen molar-refractivity contribution in [1.82, 2.24) is 0 Å². The van der Waals surface area contributed by atoms with E-state index in [2.05, 4.69) is 10.5 Å². The van der Waals surface area contributed by atoms with E-state index in [-0.39, 0.29) is 0 Å². The number of hydrogen-bond acceptors (Lipinski definition) is 4.